The highest BCUT2D eigenvalue weighted by Gasteiger charge is 2.31. The lowest BCUT2D eigenvalue weighted by atomic mass is 10.1. The van der Waals surface area contributed by atoms with E-state index in [1.807, 2.05) is 0 Å². The van der Waals surface area contributed by atoms with Crippen LogP contribution in [0.3, 0.4) is 0 Å². The second kappa shape index (κ2) is 7.11. The van der Waals surface area contributed by atoms with Gasteiger partial charge in [-0.1, -0.05) is 6.07 Å². The van der Waals surface area contributed by atoms with Crippen molar-refractivity contribution in [1.29, 1.82) is 0 Å². The van der Waals surface area contributed by atoms with Gasteiger partial charge >= 0.3 is 6.36 Å². The number of halogens is 3. The third kappa shape index (κ3) is 5.89. The summed E-state index contributed by atoms with van der Waals surface area (Å²) in [6, 6.07) is 4.22. The average Bonchev–Trinajstić information content (AvgIpc) is 2.34. The van der Waals surface area contributed by atoms with Crippen LogP contribution < -0.4 is 21.5 Å². The molecule has 5 nitrogen and oxygen atoms in total. The van der Waals surface area contributed by atoms with Gasteiger partial charge in [-0.3, -0.25) is 4.79 Å². The van der Waals surface area contributed by atoms with E-state index in [9.17, 15) is 18.0 Å². The Labute approximate surface area is 114 Å². The van der Waals surface area contributed by atoms with Crippen LogP contribution in [0.1, 0.15) is 12.8 Å². The topological polar surface area (TPSA) is 90.4 Å². The van der Waals surface area contributed by atoms with Gasteiger partial charge in [-0.2, -0.15) is 0 Å². The number of nitrogens with one attached hydrogen (secondary N) is 1. The minimum atomic E-state index is -4.78. The smallest absolute Gasteiger partial charge is 0.406 e. The molecular weight excluding hydrogens is 275 g/mol. The summed E-state index contributed by atoms with van der Waals surface area (Å²) in [6.45, 7) is 0.413. The van der Waals surface area contributed by atoms with E-state index >= 15 is 0 Å². The summed E-state index contributed by atoms with van der Waals surface area (Å²) in [5.74, 6) is -0.895. The fraction of sp³-hybridized carbons (Fsp3) is 0.417. The molecule has 0 radical (unpaired) electrons. The monoisotopic (exact) mass is 291 g/mol. The molecule has 1 amide bonds. The van der Waals surface area contributed by atoms with Gasteiger partial charge in [0, 0.05) is 11.8 Å². The first-order chi connectivity index (χ1) is 9.31. The highest BCUT2D eigenvalue weighted by molar-refractivity contribution is 5.94. The minimum Gasteiger partial charge on any atom is -0.406 e. The summed E-state index contributed by atoms with van der Waals surface area (Å²) in [4.78, 5) is 11.7. The molecule has 0 unspecified atom stereocenters. The zero-order valence-corrected chi connectivity index (χ0v) is 10.6. The molecule has 0 aromatic heterocycles. The normalized spacial score (nSPS) is 12.8. The van der Waals surface area contributed by atoms with Gasteiger partial charge in [0.1, 0.15) is 5.75 Å². The van der Waals surface area contributed by atoms with Crippen LogP contribution in [0.5, 0.6) is 5.75 Å². The molecule has 0 heterocycles. The van der Waals surface area contributed by atoms with Crippen molar-refractivity contribution in [3.05, 3.63) is 24.3 Å². The first kappa shape index (κ1) is 16.3. The first-order valence-corrected chi connectivity index (χ1v) is 5.94. The Morgan fingerprint density at radius 1 is 1.40 bits per heavy atom. The van der Waals surface area contributed by atoms with Gasteiger partial charge in [-0.25, -0.2) is 0 Å². The molecule has 112 valence electrons. The molecule has 0 aliphatic carbocycles. The van der Waals surface area contributed by atoms with Crippen molar-refractivity contribution in [2.75, 3.05) is 11.9 Å². The molecule has 5 N–H and O–H groups in total. The molecule has 20 heavy (non-hydrogen) atoms. The molecular formula is C12H16F3N3O2. The lowest BCUT2D eigenvalue weighted by Crippen LogP contribution is -2.36. The van der Waals surface area contributed by atoms with Gasteiger partial charge in [-0.05, 0) is 31.5 Å². The van der Waals surface area contributed by atoms with Crippen LogP contribution in [-0.2, 0) is 4.79 Å². The van der Waals surface area contributed by atoms with Gasteiger partial charge < -0.3 is 21.5 Å². The number of carbonyl (C=O) groups excluding carboxylic acids is 1. The number of hydrogen-bond donors (Lipinski definition) is 3. The summed E-state index contributed by atoms with van der Waals surface area (Å²) < 4.78 is 39.9. The molecule has 0 spiro atoms. The fourth-order valence-corrected chi connectivity index (χ4v) is 1.47. The molecule has 0 aliphatic heterocycles. The van der Waals surface area contributed by atoms with E-state index in [-0.39, 0.29) is 5.69 Å². The maximum Gasteiger partial charge on any atom is 0.573 e. The number of amides is 1. The molecule has 0 saturated heterocycles. The van der Waals surface area contributed by atoms with Crippen molar-refractivity contribution in [3.63, 3.8) is 0 Å². The molecule has 0 saturated carbocycles. The summed E-state index contributed by atoms with van der Waals surface area (Å²) in [5, 5.41) is 2.42. The lowest BCUT2D eigenvalue weighted by molar-refractivity contribution is -0.274. The maximum absolute atomic E-state index is 12.1. The second-order valence-electron chi connectivity index (χ2n) is 4.10. The number of alkyl halides is 3. The molecule has 1 aromatic carbocycles. The Kier molecular flexibility index (Phi) is 5.78. The van der Waals surface area contributed by atoms with Gasteiger partial charge in [0.25, 0.3) is 0 Å². The number of carbonyl (C=O) groups is 1. The van der Waals surface area contributed by atoms with Gasteiger partial charge in [0.15, 0.2) is 0 Å². The third-order valence-corrected chi connectivity index (χ3v) is 2.39. The predicted octanol–water partition coefficient (Wildman–Crippen LogP) is 1.59. The van der Waals surface area contributed by atoms with Crippen molar-refractivity contribution in [1.82, 2.24) is 0 Å². The standard InChI is InChI=1S/C12H16F3N3O2/c13-12(14,15)20-9-4-1-3-8(7-9)18-11(19)10(17)5-2-6-16/h1,3-4,7,10H,2,5-6,16-17H2,(H,18,19)/t10-/m0/s1. The quantitative estimate of drug-likeness (QED) is 0.742. The van der Waals surface area contributed by atoms with Crippen LogP contribution in [0.25, 0.3) is 0 Å². The van der Waals surface area contributed by atoms with E-state index in [0.29, 0.717) is 19.4 Å². The highest BCUT2D eigenvalue weighted by atomic mass is 19.4. The Hall–Kier alpha value is -1.80. The van der Waals surface area contributed by atoms with E-state index in [4.69, 9.17) is 11.5 Å². The number of hydrogen-bond acceptors (Lipinski definition) is 4. The highest BCUT2D eigenvalue weighted by Crippen LogP contribution is 2.25. The van der Waals surface area contributed by atoms with Crippen molar-refractivity contribution in [2.45, 2.75) is 25.2 Å². The van der Waals surface area contributed by atoms with E-state index in [1.54, 1.807) is 0 Å². The SMILES string of the molecule is NCCC[C@H](N)C(=O)Nc1cccc(OC(F)(F)F)c1. The molecule has 1 aromatic rings. The lowest BCUT2D eigenvalue weighted by Gasteiger charge is -2.13. The van der Waals surface area contributed by atoms with Crippen molar-refractivity contribution in [3.8, 4) is 5.75 Å². The van der Waals surface area contributed by atoms with Gasteiger partial charge in [0.2, 0.25) is 5.91 Å². The molecule has 1 rings (SSSR count). The summed E-state index contributed by atoms with van der Waals surface area (Å²) >= 11 is 0. The zero-order valence-electron chi connectivity index (χ0n) is 10.6. The van der Waals surface area contributed by atoms with Crippen LogP contribution in [0.2, 0.25) is 0 Å². The van der Waals surface area contributed by atoms with E-state index in [0.717, 1.165) is 12.1 Å². The molecule has 0 aliphatic rings. The number of nitrogens with two attached hydrogens (primary N) is 2. The van der Waals surface area contributed by atoms with Crippen LogP contribution in [0, 0.1) is 0 Å². The summed E-state index contributed by atoms with van der Waals surface area (Å²) in [5.41, 5.74) is 11.1. The Morgan fingerprint density at radius 2 is 2.10 bits per heavy atom. The Bertz CT molecular complexity index is 452. The average molecular weight is 291 g/mol. The van der Waals surface area contributed by atoms with Crippen LogP contribution in [0.15, 0.2) is 24.3 Å². The van der Waals surface area contributed by atoms with Crippen molar-refractivity contribution in [2.24, 2.45) is 11.5 Å². The van der Waals surface area contributed by atoms with Crippen LogP contribution in [0.4, 0.5) is 18.9 Å². The largest absolute Gasteiger partial charge is 0.573 e. The van der Waals surface area contributed by atoms with E-state index in [2.05, 4.69) is 10.1 Å². The molecule has 8 heteroatoms. The van der Waals surface area contributed by atoms with E-state index in [1.165, 1.54) is 12.1 Å². The zero-order chi connectivity index (χ0) is 15.2. The summed E-state index contributed by atoms with van der Waals surface area (Å²) in [6.07, 6.45) is -3.78. The first-order valence-electron chi connectivity index (χ1n) is 5.94. The molecule has 0 bridgehead atoms. The Balaban J connectivity index is 2.64. The van der Waals surface area contributed by atoms with Gasteiger partial charge in [0.05, 0.1) is 6.04 Å². The molecule has 1 atom stereocenters. The van der Waals surface area contributed by atoms with Crippen LogP contribution >= 0.6 is 0 Å². The minimum absolute atomic E-state index is 0.181. The number of ether oxygens (including phenoxy) is 1. The third-order valence-electron chi connectivity index (χ3n) is 2.39. The maximum atomic E-state index is 12.1. The Morgan fingerprint density at radius 3 is 2.70 bits per heavy atom. The summed E-state index contributed by atoms with van der Waals surface area (Å²) in [7, 11) is 0. The number of anilines is 1. The number of benzene rings is 1. The van der Waals surface area contributed by atoms with E-state index < -0.39 is 24.1 Å². The van der Waals surface area contributed by atoms with Crippen molar-refractivity contribution >= 4 is 11.6 Å². The second-order valence-corrected chi connectivity index (χ2v) is 4.10. The number of rotatable bonds is 6. The van der Waals surface area contributed by atoms with Crippen LogP contribution in [-0.4, -0.2) is 24.9 Å². The predicted molar refractivity (Wildman–Crippen MR) is 68.0 cm³/mol. The fourth-order valence-electron chi connectivity index (χ4n) is 1.47. The molecule has 0 fully saturated rings. The van der Waals surface area contributed by atoms with Gasteiger partial charge in [-0.15, -0.1) is 13.2 Å². The van der Waals surface area contributed by atoms with Crippen molar-refractivity contribution < 1.29 is 22.7 Å².